The van der Waals surface area contributed by atoms with E-state index in [1.54, 1.807) is 11.6 Å². The molecule has 2 aromatic heterocycles. The summed E-state index contributed by atoms with van der Waals surface area (Å²) < 4.78 is 2.39. The Hall–Kier alpha value is -2.75. The molecule has 9 nitrogen and oxygen atoms in total. The minimum atomic E-state index is -0.933. The highest BCUT2D eigenvalue weighted by molar-refractivity contribution is 7.13. The lowest BCUT2D eigenvalue weighted by Gasteiger charge is -2.13. The first-order valence-corrected chi connectivity index (χ1v) is 9.16. The Labute approximate surface area is 152 Å². The second-order valence-electron chi connectivity index (χ2n) is 6.05. The first-order chi connectivity index (χ1) is 12.4. The van der Waals surface area contributed by atoms with Crippen LogP contribution in [0.2, 0.25) is 0 Å². The number of carbonyl (C=O) groups excluding carboxylic acids is 2. The van der Waals surface area contributed by atoms with Crippen molar-refractivity contribution in [1.82, 2.24) is 14.1 Å². The van der Waals surface area contributed by atoms with Crippen molar-refractivity contribution in [3.63, 3.8) is 0 Å². The Morgan fingerprint density at radius 1 is 1.38 bits per heavy atom. The van der Waals surface area contributed by atoms with Gasteiger partial charge in [0.15, 0.2) is 5.13 Å². The van der Waals surface area contributed by atoms with Gasteiger partial charge in [-0.2, -0.15) is 0 Å². The van der Waals surface area contributed by atoms with Gasteiger partial charge >= 0.3 is 5.69 Å². The number of anilines is 2. The fourth-order valence-electron chi connectivity index (χ4n) is 2.93. The Balaban J connectivity index is 1.95. The van der Waals surface area contributed by atoms with Gasteiger partial charge in [-0.15, -0.1) is 11.3 Å². The summed E-state index contributed by atoms with van der Waals surface area (Å²) in [6.07, 6.45) is 2.95. The van der Waals surface area contributed by atoms with Crippen LogP contribution in [0, 0.1) is 0 Å². The summed E-state index contributed by atoms with van der Waals surface area (Å²) in [4.78, 5) is 53.6. The first kappa shape index (κ1) is 18.1. The zero-order valence-electron chi connectivity index (χ0n) is 14.4. The van der Waals surface area contributed by atoms with Crippen molar-refractivity contribution in [2.75, 3.05) is 10.6 Å². The van der Waals surface area contributed by atoms with Crippen molar-refractivity contribution in [2.45, 2.75) is 38.6 Å². The van der Waals surface area contributed by atoms with Crippen LogP contribution in [0.3, 0.4) is 0 Å². The largest absolute Gasteiger partial charge is 0.332 e. The normalized spacial score (nSPS) is 15.6. The van der Waals surface area contributed by atoms with E-state index in [1.165, 1.54) is 23.0 Å². The average molecular weight is 377 g/mol. The Morgan fingerprint density at radius 3 is 2.81 bits per heavy atom. The number of hydrogen-bond donors (Lipinski definition) is 2. The Kier molecular flexibility index (Phi) is 5.03. The zero-order chi connectivity index (χ0) is 18.8. The Bertz CT molecular complexity index is 960. The molecule has 0 spiro atoms. The molecule has 3 rings (SSSR count). The molecule has 26 heavy (non-hydrogen) atoms. The molecule has 0 unspecified atom stereocenters. The Morgan fingerprint density at radius 2 is 2.15 bits per heavy atom. The lowest BCUT2D eigenvalue weighted by Crippen LogP contribution is -2.40. The van der Waals surface area contributed by atoms with Crippen molar-refractivity contribution >= 4 is 34.1 Å². The number of unbranched alkanes of at least 4 members (excludes halogenated alkanes) is 1. The SMILES string of the molecule is CCCCn1c2c(c(=O)n(C)c1=O)[C@H](CC(=O)Nc1nccs1)C(=O)N2. The van der Waals surface area contributed by atoms with Crippen molar-refractivity contribution in [3.05, 3.63) is 38.0 Å². The van der Waals surface area contributed by atoms with E-state index < -0.39 is 29.0 Å². The summed E-state index contributed by atoms with van der Waals surface area (Å²) in [7, 11) is 1.38. The standard InChI is InChI=1S/C16H19N5O4S/c1-3-4-6-21-12-11(14(24)20(2)16(21)25)9(13(23)19-12)8-10(22)18-15-17-5-7-26-15/h5,7,9H,3-4,6,8H2,1-2H3,(H,19,23)(H,17,18,22)/t9-/m0/s1. The third kappa shape index (κ3) is 3.19. The number of thiazole rings is 1. The molecule has 0 saturated heterocycles. The van der Waals surface area contributed by atoms with Gasteiger partial charge in [0.25, 0.3) is 5.56 Å². The highest BCUT2D eigenvalue weighted by Crippen LogP contribution is 2.31. The van der Waals surface area contributed by atoms with Crippen molar-refractivity contribution in [3.8, 4) is 0 Å². The summed E-state index contributed by atoms with van der Waals surface area (Å²) in [5, 5.41) is 7.36. The molecule has 2 N–H and O–H groups in total. The van der Waals surface area contributed by atoms with Crippen LogP contribution in [-0.4, -0.2) is 25.9 Å². The third-order valence-electron chi connectivity index (χ3n) is 4.29. The fraction of sp³-hybridized carbons (Fsp3) is 0.438. The van der Waals surface area contributed by atoms with Crippen LogP contribution in [0.25, 0.3) is 0 Å². The molecule has 0 aliphatic carbocycles. The molecule has 1 aliphatic heterocycles. The van der Waals surface area contributed by atoms with Crippen LogP contribution >= 0.6 is 11.3 Å². The molecule has 1 aliphatic rings. The van der Waals surface area contributed by atoms with E-state index in [1.807, 2.05) is 6.92 Å². The predicted octanol–water partition coefficient (Wildman–Crippen LogP) is 0.868. The smallest absolute Gasteiger partial charge is 0.311 e. The van der Waals surface area contributed by atoms with Gasteiger partial charge in [0.2, 0.25) is 11.8 Å². The number of hydrogen-bond acceptors (Lipinski definition) is 6. The lowest BCUT2D eigenvalue weighted by molar-refractivity contribution is -0.122. The zero-order valence-corrected chi connectivity index (χ0v) is 15.3. The molecule has 0 bridgehead atoms. The van der Waals surface area contributed by atoms with Gasteiger partial charge in [-0.25, -0.2) is 9.78 Å². The van der Waals surface area contributed by atoms with Crippen LogP contribution in [0.4, 0.5) is 10.9 Å². The van der Waals surface area contributed by atoms with Gasteiger partial charge in [-0.05, 0) is 6.42 Å². The minimum absolute atomic E-state index is 0.169. The number of carbonyl (C=O) groups is 2. The summed E-state index contributed by atoms with van der Waals surface area (Å²) >= 11 is 1.26. The lowest BCUT2D eigenvalue weighted by atomic mass is 9.99. The molecule has 2 aromatic rings. The van der Waals surface area contributed by atoms with Gasteiger partial charge in [0.1, 0.15) is 5.82 Å². The monoisotopic (exact) mass is 377 g/mol. The van der Waals surface area contributed by atoms with E-state index in [2.05, 4.69) is 15.6 Å². The maximum atomic E-state index is 12.6. The van der Waals surface area contributed by atoms with Crippen LogP contribution in [0.15, 0.2) is 21.2 Å². The number of nitrogens with one attached hydrogen (secondary N) is 2. The fourth-order valence-corrected chi connectivity index (χ4v) is 3.48. The van der Waals surface area contributed by atoms with E-state index in [0.717, 1.165) is 17.4 Å². The molecule has 138 valence electrons. The molecule has 1 atom stereocenters. The number of fused-ring (bicyclic) bond motifs is 1. The highest BCUT2D eigenvalue weighted by Gasteiger charge is 2.38. The molecule has 0 aromatic carbocycles. The molecule has 0 radical (unpaired) electrons. The van der Waals surface area contributed by atoms with Gasteiger partial charge in [0, 0.05) is 31.6 Å². The number of nitrogens with zero attached hydrogens (tertiary/aromatic N) is 3. The van der Waals surface area contributed by atoms with E-state index in [-0.39, 0.29) is 17.8 Å². The number of rotatable bonds is 6. The van der Waals surface area contributed by atoms with Crippen molar-refractivity contribution in [2.24, 2.45) is 7.05 Å². The van der Waals surface area contributed by atoms with Crippen LogP contribution in [-0.2, 0) is 23.2 Å². The van der Waals surface area contributed by atoms with Gasteiger partial charge in [-0.1, -0.05) is 13.3 Å². The molecule has 10 heteroatoms. The highest BCUT2D eigenvalue weighted by atomic mass is 32.1. The number of amides is 2. The number of aromatic nitrogens is 3. The van der Waals surface area contributed by atoms with Gasteiger partial charge < -0.3 is 10.6 Å². The maximum absolute atomic E-state index is 12.6. The maximum Gasteiger partial charge on any atom is 0.332 e. The summed E-state index contributed by atoms with van der Waals surface area (Å²) in [5.41, 5.74) is -0.860. The molecule has 3 heterocycles. The van der Waals surface area contributed by atoms with Crippen molar-refractivity contribution in [1.29, 1.82) is 0 Å². The molecular weight excluding hydrogens is 358 g/mol. The second-order valence-corrected chi connectivity index (χ2v) is 6.94. The van der Waals surface area contributed by atoms with E-state index >= 15 is 0 Å². The summed E-state index contributed by atoms with van der Waals surface area (Å²) in [6, 6.07) is 0. The summed E-state index contributed by atoms with van der Waals surface area (Å²) in [5.74, 6) is -1.59. The van der Waals surface area contributed by atoms with Crippen LogP contribution in [0.5, 0.6) is 0 Å². The van der Waals surface area contributed by atoms with Crippen LogP contribution in [0.1, 0.15) is 37.7 Å². The van der Waals surface area contributed by atoms with Gasteiger partial charge in [-0.3, -0.25) is 23.5 Å². The predicted molar refractivity (Wildman–Crippen MR) is 97.6 cm³/mol. The third-order valence-corrected chi connectivity index (χ3v) is 4.98. The van der Waals surface area contributed by atoms with E-state index in [4.69, 9.17) is 0 Å². The molecule has 0 saturated carbocycles. The summed E-state index contributed by atoms with van der Waals surface area (Å²) in [6.45, 7) is 2.38. The molecule has 0 fully saturated rings. The van der Waals surface area contributed by atoms with Crippen LogP contribution < -0.4 is 21.9 Å². The van der Waals surface area contributed by atoms with Crippen molar-refractivity contribution < 1.29 is 9.59 Å². The average Bonchev–Trinajstić information content (AvgIpc) is 3.21. The van der Waals surface area contributed by atoms with E-state index in [9.17, 15) is 19.2 Å². The minimum Gasteiger partial charge on any atom is -0.311 e. The first-order valence-electron chi connectivity index (χ1n) is 8.28. The quantitative estimate of drug-likeness (QED) is 0.775. The van der Waals surface area contributed by atoms with Gasteiger partial charge in [0.05, 0.1) is 11.5 Å². The topological polar surface area (TPSA) is 115 Å². The second kappa shape index (κ2) is 7.24. The molecule has 2 amide bonds. The van der Waals surface area contributed by atoms with E-state index in [0.29, 0.717) is 11.7 Å². The molecular formula is C16H19N5O4S.